The molecule has 2 N–H and O–H groups in total. The summed E-state index contributed by atoms with van der Waals surface area (Å²) in [5, 5.41) is 5.34. The fraction of sp³-hybridized carbons (Fsp3) is 0.571. The molecular weight excluding hydrogens is 360 g/mol. The van der Waals surface area contributed by atoms with Gasteiger partial charge in [0.2, 0.25) is 5.91 Å². The van der Waals surface area contributed by atoms with E-state index in [0.29, 0.717) is 12.8 Å². The number of alkyl carbamates (subject to hydrolysis) is 1. The number of hydrogen-bond acceptors (Lipinski definition) is 5. The van der Waals surface area contributed by atoms with Gasteiger partial charge < -0.3 is 20.1 Å². The molecule has 0 aliphatic rings. The maximum absolute atomic E-state index is 12.8. The van der Waals surface area contributed by atoms with Gasteiger partial charge in [0.25, 0.3) is 0 Å². The number of hydrogen-bond donors (Lipinski definition) is 2. The summed E-state index contributed by atoms with van der Waals surface area (Å²) in [7, 11) is 1.28. The van der Waals surface area contributed by atoms with Crippen LogP contribution in [0.15, 0.2) is 30.3 Å². The van der Waals surface area contributed by atoms with Crippen molar-refractivity contribution in [1.29, 1.82) is 0 Å². The topological polar surface area (TPSA) is 93.7 Å². The lowest BCUT2D eigenvalue weighted by atomic mass is 9.97. The van der Waals surface area contributed by atoms with Crippen molar-refractivity contribution in [2.75, 3.05) is 7.11 Å². The zero-order valence-corrected chi connectivity index (χ0v) is 17.4. The Labute approximate surface area is 167 Å². The van der Waals surface area contributed by atoms with Crippen molar-refractivity contribution in [3.63, 3.8) is 0 Å². The lowest BCUT2D eigenvalue weighted by Crippen LogP contribution is -2.54. The van der Waals surface area contributed by atoms with Crippen LogP contribution in [0.5, 0.6) is 0 Å². The average Bonchev–Trinajstić information content (AvgIpc) is 2.69. The second-order valence-corrected chi connectivity index (χ2v) is 7.28. The van der Waals surface area contributed by atoms with Gasteiger partial charge in [-0.3, -0.25) is 4.79 Å². The zero-order valence-electron chi connectivity index (χ0n) is 17.4. The predicted octanol–water partition coefficient (Wildman–Crippen LogP) is 3.03. The summed E-state index contributed by atoms with van der Waals surface area (Å²) in [4.78, 5) is 37.0. The van der Waals surface area contributed by atoms with Crippen LogP contribution in [0.3, 0.4) is 0 Å². The lowest BCUT2D eigenvalue weighted by molar-refractivity contribution is -0.146. The first-order chi connectivity index (χ1) is 13.3. The standard InChI is InChI=1S/C21H32N2O5/c1-6-15(4)18(19(24)22-17(12-14(2)3)20(25)27-5)23-21(26)28-13-16-10-8-7-9-11-16/h7-11,14-15,17-18H,6,12-13H2,1-5H3,(H,22,24)(H,23,26)/t15-,17-,18+/m0/s1. The maximum Gasteiger partial charge on any atom is 0.408 e. The van der Waals surface area contributed by atoms with Crippen molar-refractivity contribution < 1.29 is 23.9 Å². The minimum Gasteiger partial charge on any atom is -0.467 e. The number of nitrogens with one attached hydrogen (secondary N) is 2. The van der Waals surface area contributed by atoms with Gasteiger partial charge in [-0.25, -0.2) is 9.59 Å². The third-order valence-electron chi connectivity index (χ3n) is 4.49. The molecule has 0 aliphatic heterocycles. The highest BCUT2D eigenvalue weighted by Gasteiger charge is 2.31. The van der Waals surface area contributed by atoms with E-state index in [9.17, 15) is 14.4 Å². The molecule has 0 unspecified atom stereocenters. The van der Waals surface area contributed by atoms with Crippen LogP contribution in [-0.4, -0.2) is 37.2 Å². The van der Waals surface area contributed by atoms with Crippen molar-refractivity contribution in [2.24, 2.45) is 11.8 Å². The first-order valence-corrected chi connectivity index (χ1v) is 9.63. The van der Waals surface area contributed by atoms with E-state index in [1.807, 2.05) is 58.0 Å². The van der Waals surface area contributed by atoms with E-state index in [4.69, 9.17) is 9.47 Å². The quantitative estimate of drug-likeness (QED) is 0.597. The van der Waals surface area contributed by atoms with Gasteiger partial charge in [-0.15, -0.1) is 0 Å². The van der Waals surface area contributed by atoms with E-state index < -0.39 is 30.1 Å². The molecule has 3 atom stereocenters. The molecule has 28 heavy (non-hydrogen) atoms. The summed E-state index contributed by atoms with van der Waals surface area (Å²) in [6.07, 6.45) is 0.441. The van der Waals surface area contributed by atoms with Gasteiger partial charge in [-0.2, -0.15) is 0 Å². The Hall–Kier alpha value is -2.57. The summed E-state index contributed by atoms with van der Waals surface area (Å²) in [6.45, 7) is 7.80. The van der Waals surface area contributed by atoms with E-state index in [-0.39, 0.29) is 18.4 Å². The normalized spacial score (nSPS) is 13.9. The summed E-state index contributed by atoms with van der Waals surface area (Å²) in [5.74, 6) is -0.879. The van der Waals surface area contributed by atoms with Crippen LogP contribution in [0.1, 0.15) is 46.1 Å². The molecule has 1 aromatic carbocycles. The molecule has 0 fully saturated rings. The van der Waals surface area contributed by atoms with Crippen molar-refractivity contribution >= 4 is 18.0 Å². The van der Waals surface area contributed by atoms with Crippen molar-refractivity contribution in [2.45, 2.75) is 59.2 Å². The number of rotatable bonds is 10. The molecule has 1 rings (SSSR count). The van der Waals surface area contributed by atoms with Crippen LogP contribution in [0.25, 0.3) is 0 Å². The van der Waals surface area contributed by atoms with Crippen LogP contribution in [-0.2, 0) is 25.7 Å². The molecule has 7 heteroatoms. The van der Waals surface area contributed by atoms with E-state index in [1.54, 1.807) is 0 Å². The molecule has 0 heterocycles. The highest BCUT2D eigenvalue weighted by atomic mass is 16.5. The maximum atomic E-state index is 12.8. The molecule has 156 valence electrons. The van der Waals surface area contributed by atoms with Crippen LogP contribution >= 0.6 is 0 Å². The number of carbonyl (C=O) groups is 3. The fourth-order valence-corrected chi connectivity index (χ4v) is 2.68. The summed E-state index contributed by atoms with van der Waals surface area (Å²) in [5.41, 5.74) is 0.852. The van der Waals surface area contributed by atoms with Gasteiger partial charge in [0.1, 0.15) is 18.7 Å². The molecule has 0 spiro atoms. The van der Waals surface area contributed by atoms with Gasteiger partial charge in [-0.05, 0) is 23.8 Å². The predicted molar refractivity (Wildman–Crippen MR) is 106 cm³/mol. The van der Waals surface area contributed by atoms with E-state index >= 15 is 0 Å². The number of carbonyl (C=O) groups excluding carboxylic acids is 3. The van der Waals surface area contributed by atoms with Crippen molar-refractivity contribution in [1.82, 2.24) is 10.6 Å². The van der Waals surface area contributed by atoms with Gasteiger partial charge in [-0.1, -0.05) is 64.4 Å². The van der Waals surface area contributed by atoms with Gasteiger partial charge in [0.05, 0.1) is 7.11 Å². The molecule has 2 amide bonds. The summed E-state index contributed by atoms with van der Waals surface area (Å²) in [6, 6.07) is 7.71. The third kappa shape index (κ3) is 7.98. The van der Waals surface area contributed by atoms with Gasteiger partial charge in [0, 0.05) is 0 Å². The minimum atomic E-state index is -0.812. The number of amides is 2. The molecule has 0 bridgehead atoms. The van der Waals surface area contributed by atoms with Crippen LogP contribution in [0, 0.1) is 11.8 Å². The highest BCUT2D eigenvalue weighted by Crippen LogP contribution is 2.12. The van der Waals surface area contributed by atoms with E-state index in [1.165, 1.54) is 7.11 Å². The van der Waals surface area contributed by atoms with E-state index in [0.717, 1.165) is 5.56 Å². The van der Waals surface area contributed by atoms with Crippen LogP contribution in [0.2, 0.25) is 0 Å². The number of methoxy groups -OCH3 is 1. The first kappa shape index (κ1) is 23.5. The zero-order chi connectivity index (χ0) is 21.1. The number of benzene rings is 1. The average molecular weight is 392 g/mol. The second-order valence-electron chi connectivity index (χ2n) is 7.28. The smallest absolute Gasteiger partial charge is 0.408 e. The lowest BCUT2D eigenvalue weighted by Gasteiger charge is -2.26. The van der Waals surface area contributed by atoms with Crippen LogP contribution in [0.4, 0.5) is 4.79 Å². The molecule has 0 saturated heterocycles. The Bertz CT molecular complexity index is 633. The summed E-state index contributed by atoms with van der Waals surface area (Å²) < 4.78 is 10.0. The molecule has 1 aromatic rings. The molecule has 0 saturated carbocycles. The van der Waals surface area contributed by atoms with E-state index in [2.05, 4.69) is 10.6 Å². The Balaban J connectivity index is 2.75. The number of ether oxygens (including phenoxy) is 2. The molecule has 7 nitrogen and oxygen atoms in total. The largest absolute Gasteiger partial charge is 0.467 e. The monoisotopic (exact) mass is 392 g/mol. The van der Waals surface area contributed by atoms with Crippen molar-refractivity contribution in [3.8, 4) is 0 Å². The molecular formula is C21H32N2O5. The third-order valence-corrected chi connectivity index (χ3v) is 4.49. The Morgan fingerprint density at radius 2 is 1.68 bits per heavy atom. The Morgan fingerprint density at radius 1 is 1.04 bits per heavy atom. The first-order valence-electron chi connectivity index (χ1n) is 9.63. The highest BCUT2D eigenvalue weighted by molar-refractivity contribution is 5.89. The molecule has 0 radical (unpaired) electrons. The SMILES string of the molecule is CC[C@H](C)[C@@H](NC(=O)OCc1ccccc1)C(=O)N[C@@H](CC(C)C)C(=O)OC. The summed E-state index contributed by atoms with van der Waals surface area (Å²) >= 11 is 0. The van der Waals surface area contributed by atoms with Crippen molar-refractivity contribution in [3.05, 3.63) is 35.9 Å². The Kier molecular flexibility index (Phi) is 10.1. The molecule has 0 aliphatic carbocycles. The van der Waals surface area contributed by atoms with Gasteiger partial charge in [0.15, 0.2) is 0 Å². The van der Waals surface area contributed by atoms with Crippen LogP contribution < -0.4 is 10.6 Å². The molecule has 0 aromatic heterocycles. The van der Waals surface area contributed by atoms with Gasteiger partial charge >= 0.3 is 12.1 Å². The minimum absolute atomic E-state index is 0.111. The fourth-order valence-electron chi connectivity index (χ4n) is 2.68. The number of esters is 1. The Morgan fingerprint density at radius 3 is 2.21 bits per heavy atom. The second kappa shape index (κ2) is 12.0.